The molecule has 1 fully saturated rings. The van der Waals surface area contributed by atoms with E-state index < -0.39 is 0 Å². The molecule has 1 amide bonds. The number of halogens is 2. The Hall–Kier alpha value is -3.01. The van der Waals surface area contributed by atoms with Gasteiger partial charge in [0.2, 0.25) is 0 Å². The number of nitrogens with zero attached hydrogens (tertiary/aromatic N) is 4. The number of nitrogens with one attached hydrogen (secondary N) is 1. The van der Waals surface area contributed by atoms with E-state index in [1.807, 2.05) is 42.5 Å². The molecule has 2 heterocycles. The fourth-order valence-electron chi connectivity index (χ4n) is 3.56. The smallest absolute Gasteiger partial charge is 0.273 e. The molecule has 152 valence electrons. The van der Waals surface area contributed by atoms with E-state index in [9.17, 15) is 4.79 Å². The number of aromatic nitrogens is 2. The van der Waals surface area contributed by atoms with Crippen LogP contribution in [0.5, 0.6) is 0 Å². The van der Waals surface area contributed by atoms with Gasteiger partial charge in [-0.25, -0.2) is 0 Å². The third-order valence-corrected chi connectivity index (χ3v) is 5.82. The molecular formula is C22H19Cl2N5O. The van der Waals surface area contributed by atoms with Gasteiger partial charge in [-0.3, -0.25) is 4.79 Å². The number of anilines is 2. The van der Waals surface area contributed by atoms with E-state index in [1.165, 1.54) is 0 Å². The molecule has 1 aliphatic heterocycles. The first-order valence-electron chi connectivity index (χ1n) is 9.50. The molecule has 0 radical (unpaired) electrons. The van der Waals surface area contributed by atoms with Gasteiger partial charge in [-0.15, -0.1) is 16.6 Å². The zero-order valence-electron chi connectivity index (χ0n) is 16.1. The molecule has 1 saturated heterocycles. The van der Waals surface area contributed by atoms with E-state index in [4.69, 9.17) is 29.6 Å². The van der Waals surface area contributed by atoms with Gasteiger partial charge in [0.25, 0.3) is 5.91 Å². The summed E-state index contributed by atoms with van der Waals surface area (Å²) in [6, 6.07) is 13.3. The normalized spacial score (nSPS) is 13.9. The molecule has 1 aliphatic rings. The summed E-state index contributed by atoms with van der Waals surface area (Å²) in [7, 11) is 0. The topological polar surface area (TPSA) is 61.4 Å². The number of benzene rings is 2. The molecule has 0 atom stereocenters. The molecule has 4 rings (SSSR count). The lowest BCUT2D eigenvalue weighted by atomic mass is 10.1. The number of hydrogen-bond acceptors (Lipinski definition) is 5. The zero-order chi connectivity index (χ0) is 21.1. The van der Waals surface area contributed by atoms with Gasteiger partial charge in [0, 0.05) is 42.6 Å². The van der Waals surface area contributed by atoms with Crippen molar-refractivity contribution in [3.63, 3.8) is 0 Å². The van der Waals surface area contributed by atoms with Gasteiger partial charge in [-0.2, -0.15) is 0 Å². The first-order valence-corrected chi connectivity index (χ1v) is 10.3. The van der Waals surface area contributed by atoms with Crippen LogP contribution in [0.3, 0.4) is 0 Å². The third-order valence-electron chi connectivity index (χ3n) is 5.08. The van der Waals surface area contributed by atoms with Crippen molar-refractivity contribution in [1.82, 2.24) is 15.5 Å². The Bertz CT molecular complexity index is 1140. The van der Waals surface area contributed by atoms with Crippen LogP contribution in [-0.4, -0.2) is 48.8 Å². The maximum absolute atomic E-state index is 12.4. The van der Waals surface area contributed by atoms with Crippen LogP contribution >= 0.6 is 23.2 Å². The summed E-state index contributed by atoms with van der Waals surface area (Å²) in [5.41, 5.74) is 1.32. The van der Waals surface area contributed by atoms with Crippen molar-refractivity contribution in [3.8, 4) is 12.3 Å². The van der Waals surface area contributed by atoms with Crippen LogP contribution in [0, 0.1) is 12.3 Å². The molecule has 0 saturated carbocycles. The van der Waals surface area contributed by atoms with E-state index in [-0.39, 0.29) is 18.1 Å². The van der Waals surface area contributed by atoms with E-state index in [0.717, 1.165) is 48.5 Å². The van der Waals surface area contributed by atoms with Gasteiger partial charge >= 0.3 is 0 Å². The second kappa shape index (κ2) is 8.78. The van der Waals surface area contributed by atoms with Crippen LogP contribution in [0.25, 0.3) is 10.8 Å². The first-order chi connectivity index (χ1) is 14.6. The molecule has 3 aromatic rings. The van der Waals surface area contributed by atoms with Gasteiger partial charge in [-0.05, 0) is 18.2 Å². The van der Waals surface area contributed by atoms with Crippen LogP contribution in [-0.2, 0) is 0 Å². The van der Waals surface area contributed by atoms with Gasteiger partial charge in [0.05, 0.1) is 16.6 Å². The van der Waals surface area contributed by atoms with Gasteiger partial charge in [0.15, 0.2) is 11.5 Å². The second-order valence-electron chi connectivity index (χ2n) is 6.88. The number of rotatable bonds is 4. The lowest BCUT2D eigenvalue weighted by Gasteiger charge is -2.37. The fourth-order valence-corrected chi connectivity index (χ4v) is 3.86. The summed E-state index contributed by atoms with van der Waals surface area (Å²) in [4.78, 5) is 16.9. The van der Waals surface area contributed by atoms with Crippen molar-refractivity contribution in [2.75, 3.05) is 42.5 Å². The standard InChI is InChI=1S/C22H19Cl2N5O/c1-2-9-25-22(30)20-16-5-3-4-6-17(16)21(27-26-20)29-12-10-28(11-13-29)15-7-8-18(23)19(24)14-15/h1,3-8,14H,9-13H2,(H,25,30). The quantitative estimate of drug-likeness (QED) is 0.628. The summed E-state index contributed by atoms with van der Waals surface area (Å²) in [5.74, 6) is 2.84. The zero-order valence-corrected chi connectivity index (χ0v) is 17.6. The van der Waals surface area contributed by atoms with Gasteiger partial charge in [0.1, 0.15) is 0 Å². The molecule has 1 N–H and O–H groups in total. The van der Waals surface area contributed by atoms with E-state index in [0.29, 0.717) is 10.0 Å². The minimum atomic E-state index is -0.326. The maximum atomic E-state index is 12.4. The predicted octanol–water partition coefficient (Wildman–Crippen LogP) is 3.63. The molecular weight excluding hydrogens is 421 g/mol. The van der Waals surface area contributed by atoms with Crippen molar-refractivity contribution in [1.29, 1.82) is 0 Å². The first kappa shape index (κ1) is 20.3. The molecule has 0 unspecified atom stereocenters. The maximum Gasteiger partial charge on any atom is 0.273 e. The number of piperazine rings is 1. The Kier molecular flexibility index (Phi) is 5.93. The molecule has 8 heteroatoms. The Labute approximate surface area is 184 Å². The molecule has 0 bridgehead atoms. The second-order valence-corrected chi connectivity index (χ2v) is 7.69. The Morgan fingerprint density at radius 2 is 1.70 bits per heavy atom. The van der Waals surface area contributed by atoms with Crippen LogP contribution < -0.4 is 15.1 Å². The SMILES string of the molecule is C#CCNC(=O)c1nnc(N2CCN(c3ccc(Cl)c(Cl)c3)CC2)c2ccccc12. The number of hydrogen-bond donors (Lipinski definition) is 1. The van der Waals surface area contributed by atoms with Crippen molar-refractivity contribution in [2.45, 2.75) is 0 Å². The van der Waals surface area contributed by atoms with Crippen molar-refractivity contribution in [3.05, 3.63) is 58.2 Å². The lowest BCUT2D eigenvalue weighted by molar-refractivity contribution is 0.0954. The Balaban J connectivity index is 1.57. The molecule has 2 aromatic carbocycles. The largest absolute Gasteiger partial charge is 0.368 e. The van der Waals surface area contributed by atoms with Crippen LogP contribution in [0.4, 0.5) is 11.5 Å². The molecule has 0 spiro atoms. The van der Waals surface area contributed by atoms with Crippen molar-refractivity contribution in [2.24, 2.45) is 0 Å². The summed E-state index contributed by atoms with van der Waals surface area (Å²) in [5, 5.41) is 14.0. The van der Waals surface area contributed by atoms with Gasteiger partial charge in [-0.1, -0.05) is 53.4 Å². The summed E-state index contributed by atoms with van der Waals surface area (Å²) in [6.07, 6.45) is 5.23. The van der Waals surface area contributed by atoms with Crippen LogP contribution in [0.15, 0.2) is 42.5 Å². The van der Waals surface area contributed by atoms with Crippen molar-refractivity contribution >= 4 is 51.4 Å². The highest BCUT2D eigenvalue weighted by atomic mass is 35.5. The molecule has 0 aliphatic carbocycles. The number of carbonyl (C=O) groups excluding carboxylic acids is 1. The highest BCUT2D eigenvalue weighted by Gasteiger charge is 2.23. The molecule has 6 nitrogen and oxygen atoms in total. The lowest BCUT2D eigenvalue weighted by Crippen LogP contribution is -2.47. The highest BCUT2D eigenvalue weighted by molar-refractivity contribution is 6.42. The van der Waals surface area contributed by atoms with Crippen LogP contribution in [0.2, 0.25) is 10.0 Å². The Morgan fingerprint density at radius 3 is 2.40 bits per heavy atom. The number of fused-ring (bicyclic) bond motifs is 1. The highest BCUT2D eigenvalue weighted by Crippen LogP contribution is 2.30. The predicted molar refractivity (Wildman–Crippen MR) is 122 cm³/mol. The van der Waals surface area contributed by atoms with E-state index >= 15 is 0 Å². The Morgan fingerprint density at radius 1 is 1.00 bits per heavy atom. The summed E-state index contributed by atoms with van der Waals surface area (Å²) in [6.45, 7) is 3.28. The minimum absolute atomic E-state index is 0.146. The average Bonchev–Trinajstić information content (AvgIpc) is 2.78. The number of terminal acetylenes is 1. The van der Waals surface area contributed by atoms with Crippen molar-refractivity contribution < 1.29 is 4.79 Å². The van der Waals surface area contributed by atoms with Gasteiger partial charge < -0.3 is 15.1 Å². The van der Waals surface area contributed by atoms with E-state index in [1.54, 1.807) is 0 Å². The average molecular weight is 440 g/mol. The molecule has 1 aromatic heterocycles. The number of amides is 1. The minimum Gasteiger partial charge on any atom is -0.368 e. The summed E-state index contributed by atoms with van der Waals surface area (Å²) < 4.78 is 0. The summed E-state index contributed by atoms with van der Waals surface area (Å²) >= 11 is 12.2. The molecule has 30 heavy (non-hydrogen) atoms. The van der Waals surface area contributed by atoms with Crippen LogP contribution in [0.1, 0.15) is 10.5 Å². The third kappa shape index (κ3) is 4.00. The van der Waals surface area contributed by atoms with E-state index in [2.05, 4.69) is 31.2 Å². The number of carbonyl (C=O) groups is 1. The fraction of sp³-hybridized carbons (Fsp3) is 0.227. The monoisotopic (exact) mass is 439 g/mol.